The largest absolute Gasteiger partial charge is 0.455 e. The first kappa shape index (κ1) is 25.9. The number of furan rings is 1. The second-order valence-electron chi connectivity index (χ2n) is 12.0. The van der Waals surface area contributed by atoms with E-state index in [9.17, 15) is 0 Å². The molecular weight excluding hydrogens is 574 g/mol. The zero-order valence-electron chi connectivity index (χ0n) is 25.2. The van der Waals surface area contributed by atoms with Gasteiger partial charge in [-0.25, -0.2) is 15.0 Å². The average Bonchev–Trinajstić information content (AvgIpc) is 3.53. The third-order valence-corrected chi connectivity index (χ3v) is 9.29. The normalized spacial score (nSPS) is 11.8. The number of benzene rings is 8. The molecule has 10 rings (SSSR count). The SMILES string of the molecule is c1ccc2c(c1)ccc1cc(-c3nc(-c4cccc5c4oc4ccccc45)nc(-c4cccc5ccc6ccccc6c45)n3)ccc12. The van der Waals surface area contributed by atoms with Crippen molar-refractivity contribution in [2.24, 2.45) is 0 Å². The van der Waals surface area contributed by atoms with E-state index >= 15 is 0 Å². The highest BCUT2D eigenvalue weighted by Gasteiger charge is 2.19. The summed E-state index contributed by atoms with van der Waals surface area (Å²) in [6, 6.07) is 52.8. The lowest BCUT2D eigenvalue weighted by atomic mass is 9.97. The number of nitrogens with zero attached hydrogens (tertiary/aromatic N) is 3. The summed E-state index contributed by atoms with van der Waals surface area (Å²) in [7, 11) is 0. The second-order valence-corrected chi connectivity index (χ2v) is 12.0. The van der Waals surface area contributed by atoms with Gasteiger partial charge in [-0.1, -0.05) is 133 Å². The maximum absolute atomic E-state index is 6.46. The molecule has 0 N–H and O–H groups in total. The van der Waals surface area contributed by atoms with Gasteiger partial charge in [0, 0.05) is 27.3 Å². The summed E-state index contributed by atoms with van der Waals surface area (Å²) in [5.41, 5.74) is 4.34. The van der Waals surface area contributed by atoms with Crippen molar-refractivity contribution in [3.63, 3.8) is 0 Å². The molecule has 2 heterocycles. The highest BCUT2D eigenvalue weighted by molar-refractivity contribution is 6.14. The van der Waals surface area contributed by atoms with Gasteiger partial charge in [-0.3, -0.25) is 0 Å². The fourth-order valence-electron chi connectivity index (χ4n) is 7.07. The van der Waals surface area contributed by atoms with Crippen LogP contribution in [-0.2, 0) is 0 Å². The van der Waals surface area contributed by atoms with Gasteiger partial charge in [0.05, 0.1) is 5.56 Å². The Kier molecular flexibility index (Phi) is 5.54. The third-order valence-electron chi connectivity index (χ3n) is 9.29. The fraction of sp³-hybridized carbons (Fsp3) is 0. The molecule has 8 aromatic carbocycles. The Morgan fingerprint density at radius 1 is 0.362 bits per heavy atom. The van der Waals surface area contributed by atoms with Gasteiger partial charge in [0.25, 0.3) is 0 Å². The van der Waals surface area contributed by atoms with Crippen LogP contribution < -0.4 is 0 Å². The van der Waals surface area contributed by atoms with Gasteiger partial charge in [-0.2, -0.15) is 0 Å². The number of para-hydroxylation sites is 2. The molecule has 0 saturated carbocycles. The summed E-state index contributed by atoms with van der Waals surface area (Å²) in [5, 5.41) is 11.5. The summed E-state index contributed by atoms with van der Waals surface area (Å²) in [4.78, 5) is 15.5. The number of aromatic nitrogens is 3. The number of rotatable bonds is 3. The van der Waals surface area contributed by atoms with E-state index in [-0.39, 0.29) is 0 Å². The lowest BCUT2D eigenvalue weighted by molar-refractivity contribution is 0.669. The molecule has 0 spiro atoms. The van der Waals surface area contributed by atoms with Gasteiger partial charge >= 0.3 is 0 Å². The van der Waals surface area contributed by atoms with E-state index in [4.69, 9.17) is 19.4 Å². The van der Waals surface area contributed by atoms with Crippen LogP contribution in [0.4, 0.5) is 0 Å². The Labute approximate surface area is 269 Å². The zero-order chi connectivity index (χ0) is 30.9. The number of fused-ring (bicyclic) bond motifs is 9. The van der Waals surface area contributed by atoms with Crippen molar-refractivity contribution in [2.75, 3.05) is 0 Å². The average molecular weight is 600 g/mol. The Morgan fingerprint density at radius 3 is 1.81 bits per heavy atom. The van der Waals surface area contributed by atoms with Crippen LogP contribution in [0.2, 0.25) is 0 Å². The molecule has 2 aromatic heterocycles. The van der Waals surface area contributed by atoms with Crippen LogP contribution >= 0.6 is 0 Å². The van der Waals surface area contributed by atoms with Gasteiger partial charge in [-0.15, -0.1) is 0 Å². The van der Waals surface area contributed by atoms with Crippen molar-refractivity contribution in [2.45, 2.75) is 0 Å². The minimum absolute atomic E-state index is 0.575. The van der Waals surface area contributed by atoms with E-state index in [0.29, 0.717) is 17.5 Å². The lowest BCUT2D eigenvalue weighted by Gasteiger charge is -2.12. The van der Waals surface area contributed by atoms with Crippen LogP contribution in [0.5, 0.6) is 0 Å². The summed E-state index contributed by atoms with van der Waals surface area (Å²) in [6.07, 6.45) is 0. The molecule has 0 unspecified atom stereocenters. The standard InChI is InChI=1S/C43H25N3O/c1-3-12-31-26(9-1)20-22-29-25-30(23-24-32(29)31)41-44-42(36-16-7-11-28-21-19-27-10-2-4-13-33(27)39(28)36)46-43(45-41)37-17-8-15-35-34-14-5-6-18-38(34)47-40(35)37/h1-25H. The van der Waals surface area contributed by atoms with Crippen molar-refractivity contribution in [1.29, 1.82) is 0 Å². The van der Waals surface area contributed by atoms with E-state index in [1.165, 1.54) is 26.9 Å². The zero-order valence-corrected chi connectivity index (χ0v) is 25.2. The smallest absolute Gasteiger partial charge is 0.167 e. The molecule has 47 heavy (non-hydrogen) atoms. The molecule has 4 nitrogen and oxygen atoms in total. The first-order valence-electron chi connectivity index (χ1n) is 15.8. The molecule has 0 aliphatic carbocycles. The minimum Gasteiger partial charge on any atom is -0.455 e. The summed E-state index contributed by atoms with van der Waals surface area (Å²) in [6.45, 7) is 0. The summed E-state index contributed by atoms with van der Waals surface area (Å²) in [5.74, 6) is 1.81. The predicted octanol–water partition coefficient (Wildman–Crippen LogP) is 11.4. The lowest BCUT2D eigenvalue weighted by Crippen LogP contribution is -2.01. The number of hydrogen-bond acceptors (Lipinski definition) is 4. The molecule has 0 saturated heterocycles. The molecule has 0 aliphatic heterocycles. The van der Waals surface area contributed by atoms with Crippen LogP contribution in [0.25, 0.3) is 99.2 Å². The Bertz CT molecular complexity index is 2870. The Balaban J connectivity index is 1.27. The van der Waals surface area contributed by atoms with Gasteiger partial charge in [0.2, 0.25) is 0 Å². The van der Waals surface area contributed by atoms with Crippen molar-refractivity contribution in [3.8, 4) is 34.2 Å². The highest BCUT2D eigenvalue weighted by atomic mass is 16.3. The van der Waals surface area contributed by atoms with E-state index in [1.54, 1.807) is 0 Å². The molecule has 4 heteroatoms. The van der Waals surface area contributed by atoms with Gasteiger partial charge in [-0.05, 0) is 55.9 Å². The van der Waals surface area contributed by atoms with Gasteiger partial charge in [0.1, 0.15) is 11.2 Å². The van der Waals surface area contributed by atoms with Crippen LogP contribution in [0, 0.1) is 0 Å². The first-order chi connectivity index (χ1) is 23.3. The molecule has 0 fully saturated rings. The van der Waals surface area contributed by atoms with Crippen molar-refractivity contribution >= 4 is 65.0 Å². The predicted molar refractivity (Wildman–Crippen MR) is 193 cm³/mol. The maximum Gasteiger partial charge on any atom is 0.167 e. The fourth-order valence-corrected chi connectivity index (χ4v) is 7.07. The first-order valence-corrected chi connectivity index (χ1v) is 15.8. The van der Waals surface area contributed by atoms with E-state index < -0.39 is 0 Å². The monoisotopic (exact) mass is 599 g/mol. The Hall–Kier alpha value is -6.39. The van der Waals surface area contributed by atoms with E-state index in [1.807, 2.05) is 24.3 Å². The topological polar surface area (TPSA) is 51.8 Å². The molecule has 0 atom stereocenters. The molecule has 10 aromatic rings. The summed E-state index contributed by atoms with van der Waals surface area (Å²) < 4.78 is 6.46. The van der Waals surface area contributed by atoms with E-state index in [0.717, 1.165) is 54.8 Å². The third kappa shape index (κ3) is 4.05. The number of hydrogen-bond donors (Lipinski definition) is 0. The van der Waals surface area contributed by atoms with Gasteiger partial charge < -0.3 is 4.42 Å². The van der Waals surface area contributed by atoms with Crippen LogP contribution in [0.15, 0.2) is 156 Å². The highest BCUT2D eigenvalue weighted by Crippen LogP contribution is 2.38. The molecule has 0 amide bonds. The van der Waals surface area contributed by atoms with Crippen molar-refractivity contribution in [1.82, 2.24) is 15.0 Å². The van der Waals surface area contributed by atoms with Crippen molar-refractivity contribution in [3.05, 3.63) is 152 Å². The quantitative estimate of drug-likeness (QED) is 0.190. The van der Waals surface area contributed by atoms with Gasteiger partial charge in [0.15, 0.2) is 17.5 Å². The maximum atomic E-state index is 6.46. The van der Waals surface area contributed by atoms with E-state index in [2.05, 4.69) is 127 Å². The molecule has 218 valence electrons. The Morgan fingerprint density at radius 2 is 0.936 bits per heavy atom. The van der Waals surface area contributed by atoms with Crippen LogP contribution in [-0.4, -0.2) is 15.0 Å². The molecule has 0 aliphatic rings. The van der Waals surface area contributed by atoms with Crippen LogP contribution in [0.1, 0.15) is 0 Å². The minimum atomic E-state index is 0.575. The summed E-state index contributed by atoms with van der Waals surface area (Å²) >= 11 is 0. The molecular formula is C43H25N3O. The second kappa shape index (κ2) is 10.1. The molecule has 0 radical (unpaired) electrons. The molecule has 0 bridgehead atoms. The van der Waals surface area contributed by atoms with Crippen LogP contribution in [0.3, 0.4) is 0 Å². The van der Waals surface area contributed by atoms with Crippen molar-refractivity contribution < 1.29 is 4.42 Å².